The molecule has 1 aliphatic carbocycles. The first-order valence-electron chi connectivity index (χ1n) is 10.9. The Kier molecular flexibility index (Phi) is 6.26. The van der Waals surface area contributed by atoms with Crippen molar-refractivity contribution in [3.8, 4) is 5.75 Å². The minimum absolute atomic E-state index is 0.0652. The highest BCUT2D eigenvalue weighted by molar-refractivity contribution is 5.93. The molecule has 5 heteroatoms. The fourth-order valence-electron chi connectivity index (χ4n) is 5.13. The van der Waals surface area contributed by atoms with Gasteiger partial charge in [0.1, 0.15) is 11.2 Å². The van der Waals surface area contributed by atoms with Crippen molar-refractivity contribution in [1.82, 2.24) is 5.32 Å². The molecule has 0 heterocycles. The predicted octanol–water partition coefficient (Wildman–Crippen LogP) is 4.30. The molecule has 0 bridgehead atoms. The second-order valence-corrected chi connectivity index (χ2v) is 8.07. The lowest BCUT2D eigenvalue weighted by atomic mass is 9.59. The van der Waals surface area contributed by atoms with E-state index in [1.165, 1.54) is 0 Å². The second-order valence-electron chi connectivity index (χ2n) is 8.07. The van der Waals surface area contributed by atoms with E-state index in [0.29, 0.717) is 5.75 Å². The Hall–Kier alpha value is -3.60. The molecule has 0 fully saturated rings. The van der Waals surface area contributed by atoms with Gasteiger partial charge in [-0.1, -0.05) is 72.8 Å². The average Bonchev–Trinajstić information content (AvgIpc) is 2.84. The molecule has 1 amide bonds. The first-order valence-corrected chi connectivity index (χ1v) is 10.9. The zero-order valence-corrected chi connectivity index (χ0v) is 18.1. The number of carboxylic acids is 1. The Morgan fingerprint density at radius 2 is 1.59 bits per heavy atom. The van der Waals surface area contributed by atoms with Crippen LogP contribution in [0.3, 0.4) is 0 Å². The van der Waals surface area contributed by atoms with Gasteiger partial charge < -0.3 is 15.2 Å². The van der Waals surface area contributed by atoms with Gasteiger partial charge in [0, 0.05) is 13.0 Å². The maximum Gasteiger partial charge on any atom is 0.341 e. The summed E-state index contributed by atoms with van der Waals surface area (Å²) in [6.07, 6.45) is 2.49. The van der Waals surface area contributed by atoms with E-state index >= 15 is 0 Å². The number of likely N-dealkylation sites (N-methyl/N-ethyl adjacent to an activating group) is 1. The van der Waals surface area contributed by atoms with Gasteiger partial charge in [0.2, 0.25) is 5.91 Å². The van der Waals surface area contributed by atoms with Crippen molar-refractivity contribution in [1.29, 1.82) is 0 Å². The zero-order valence-electron chi connectivity index (χ0n) is 18.1. The normalized spacial score (nSPS) is 15.5. The molecule has 0 aromatic heterocycles. The summed E-state index contributed by atoms with van der Waals surface area (Å²) in [5.74, 6) is -0.626. The van der Waals surface area contributed by atoms with E-state index in [4.69, 9.17) is 9.84 Å². The molecule has 3 aromatic rings. The predicted molar refractivity (Wildman–Crippen MR) is 123 cm³/mol. The van der Waals surface area contributed by atoms with Gasteiger partial charge in [-0.3, -0.25) is 4.79 Å². The van der Waals surface area contributed by atoms with E-state index in [2.05, 4.69) is 11.4 Å². The van der Waals surface area contributed by atoms with Crippen molar-refractivity contribution in [2.24, 2.45) is 0 Å². The van der Waals surface area contributed by atoms with Crippen LogP contribution < -0.4 is 10.1 Å². The van der Waals surface area contributed by atoms with Crippen LogP contribution in [0, 0.1) is 0 Å². The Balaban J connectivity index is 1.96. The van der Waals surface area contributed by atoms with Crippen molar-refractivity contribution >= 4 is 11.9 Å². The number of benzene rings is 3. The first-order chi connectivity index (χ1) is 15.6. The molecule has 0 saturated carbocycles. The summed E-state index contributed by atoms with van der Waals surface area (Å²) in [5, 5.41) is 12.0. The summed E-state index contributed by atoms with van der Waals surface area (Å²) in [4.78, 5) is 24.9. The fraction of sp³-hybridized carbons (Fsp3) is 0.259. The largest absolute Gasteiger partial charge is 0.482 e. The van der Waals surface area contributed by atoms with Crippen LogP contribution in [0.25, 0.3) is 0 Å². The quantitative estimate of drug-likeness (QED) is 0.587. The minimum Gasteiger partial charge on any atom is -0.482 e. The number of carbonyl (C=O) groups is 2. The summed E-state index contributed by atoms with van der Waals surface area (Å²) in [6, 6.07) is 25.6. The number of carbonyl (C=O) groups excluding carboxylic acids is 1. The van der Waals surface area contributed by atoms with Crippen LogP contribution in [-0.2, 0) is 21.4 Å². The average molecular weight is 430 g/mol. The molecule has 164 valence electrons. The van der Waals surface area contributed by atoms with E-state index in [1.807, 2.05) is 72.8 Å². The Labute approximate surface area is 188 Å². The standard InChI is InChI=1S/C27H27NO4/c1-28-26(31)27(19-10-4-2-5-11-19,20-12-6-3-7-13-20)23-16-8-15-22-21(23)14-9-17-24(22)32-18-25(29)30/h2-7,9-14,17,23H,8,15-16,18H2,1H3,(H,28,31)(H,29,30). The van der Waals surface area contributed by atoms with Crippen molar-refractivity contribution in [3.63, 3.8) is 0 Å². The molecule has 1 aliphatic rings. The Morgan fingerprint density at radius 1 is 0.969 bits per heavy atom. The van der Waals surface area contributed by atoms with Gasteiger partial charge in [-0.2, -0.15) is 0 Å². The second kappa shape index (κ2) is 9.27. The summed E-state index contributed by atoms with van der Waals surface area (Å²) in [7, 11) is 1.68. The van der Waals surface area contributed by atoms with Crippen molar-refractivity contribution in [2.45, 2.75) is 30.6 Å². The molecule has 1 atom stereocenters. The van der Waals surface area contributed by atoms with Gasteiger partial charge in [0.05, 0.1) is 0 Å². The van der Waals surface area contributed by atoms with Crippen LogP contribution in [0.1, 0.15) is 41.0 Å². The number of amides is 1. The molecule has 0 spiro atoms. The lowest BCUT2D eigenvalue weighted by molar-refractivity contribution is -0.139. The highest BCUT2D eigenvalue weighted by atomic mass is 16.5. The van der Waals surface area contributed by atoms with Crippen LogP contribution in [0.2, 0.25) is 0 Å². The topological polar surface area (TPSA) is 75.6 Å². The van der Waals surface area contributed by atoms with Crippen LogP contribution in [0.4, 0.5) is 0 Å². The number of fused-ring (bicyclic) bond motifs is 1. The van der Waals surface area contributed by atoms with E-state index < -0.39 is 11.4 Å². The van der Waals surface area contributed by atoms with Crippen molar-refractivity contribution in [3.05, 3.63) is 101 Å². The van der Waals surface area contributed by atoms with Crippen molar-refractivity contribution < 1.29 is 19.4 Å². The molecule has 3 aromatic carbocycles. The molecule has 32 heavy (non-hydrogen) atoms. The van der Waals surface area contributed by atoms with Gasteiger partial charge in [0.25, 0.3) is 0 Å². The molecule has 5 nitrogen and oxygen atoms in total. The fourth-order valence-corrected chi connectivity index (χ4v) is 5.13. The number of nitrogens with one attached hydrogen (secondary N) is 1. The van der Waals surface area contributed by atoms with E-state index in [0.717, 1.165) is 41.5 Å². The maximum atomic E-state index is 13.8. The zero-order chi connectivity index (χ0) is 22.6. The summed E-state index contributed by atoms with van der Waals surface area (Å²) < 4.78 is 5.62. The lowest BCUT2D eigenvalue weighted by Gasteiger charge is -2.43. The third-order valence-electron chi connectivity index (χ3n) is 6.38. The van der Waals surface area contributed by atoms with Gasteiger partial charge in [-0.25, -0.2) is 4.79 Å². The van der Waals surface area contributed by atoms with E-state index in [1.54, 1.807) is 7.05 Å². The lowest BCUT2D eigenvalue weighted by Crippen LogP contribution is -2.49. The van der Waals surface area contributed by atoms with Gasteiger partial charge in [-0.05, 0) is 47.6 Å². The van der Waals surface area contributed by atoms with E-state index in [9.17, 15) is 9.59 Å². The summed E-state index contributed by atoms with van der Waals surface area (Å²) in [6.45, 7) is -0.390. The highest BCUT2D eigenvalue weighted by Gasteiger charge is 2.50. The Bertz CT molecular complexity index is 1060. The van der Waals surface area contributed by atoms with E-state index in [-0.39, 0.29) is 18.4 Å². The third kappa shape index (κ3) is 3.75. The summed E-state index contributed by atoms with van der Waals surface area (Å²) in [5.41, 5.74) is 2.96. The molecule has 0 radical (unpaired) electrons. The van der Waals surface area contributed by atoms with Crippen LogP contribution in [0.15, 0.2) is 78.9 Å². The molecule has 0 saturated heterocycles. The van der Waals surface area contributed by atoms with Crippen molar-refractivity contribution in [2.75, 3.05) is 13.7 Å². The van der Waals surface area contributed by atoms with Crippen LogP contribution in [-0.4, -0.2) is 30.6 Å². The van der Waals surface area contributed by atoms with Crippen LogP contribution >= 0.6 is 0 Å². The third-order valence-corrected chi connectivity index (χ3v) is 6.38. The molecular weight excluding hydrogens is 402 g/mol. The van der Waals surface area contributed by atoms with Gasteiger partial charge in [-0.15, -0.1) is 0 Å². The molecule has 2 N–H and O–H groups in total. The monoisotopic (exact) mass is 429 g/mol. The molecule has 4 rings (SSSR count). The van der Waals surface area contributed by atoms with Gasteiger partial charge in [0.15, 0.2) is 6.61 Å². The highest BCUT2D eigenvalue weighted by Crippen LogP contribution is 2.51. The number of rotatable bonds is 7. The van der Waals surface area contributed by atoms with Crippen LogP contribution in [0.5, 0.6) is 5.75 Å². The smallest absolute Gasteiger partial charge is 0.341 e. The number of hydrogen-bond acceptors (Lipinski definition) is 3. The minimum atomic E-state index is -1.01. The molecule has 1 unspecified atom stereocenters. The number of carboxylic acid groups (broad SMARTS) is 1. The molecular formula is C27H27NO4. The first kappa shape index (κ1) is 21.6. The summed E-state index contributed by atoms with van der Waals surface area (Å²) >= 11 is 0. The van der Waals surface area contributed by atoms with Gasteiger partial charge >= 0.3 is 5.97 Å². The molecule has 0 aliphatic heterocycles. The number of hydrogen-bond donors (Lipinski definition) is 2. The maximum absolute atomic E-state index is 13.8. The number of aliphatic carboxylic acids is 1. The SMILES string of the molecule is CNC(=O)C(c1ccccc1)(c1ccccc1)C1CCCc2c(OCC(=O)O)cccc21. The number of ether oxygens (including phenoxy) is 1. The Morgan fingerprint density at radius 3 is 2.16 bits per heavy atom.